The lowest BCUT2D eigenvalue weighted by Crippen LogP contribution is -2.29. The van der Waals surface area contributed by atoms with Gasteiger partial charge in [-0.05, 0) is 54.4 Å². The Bertz CT molecular complexity index is 1640. The maximum atomic E-state index is 13.6. The molecule has 0 spiro atoms. The average Bonchev–Trinajstić information content (AvgIpc) is 3.54. The Morgan fingerprint density at radius 2 is 1.73 bits per heavy atom. The molecule has 0 bridgehead atoms. The van der Waals surface area contributed by atoms with Gasteiger partial charge < -0.3 is 24.1 Å². The molecule has 1 N–H and O–H groups in total. The molecule has 1 amide bonds. The molecular weight excluding hydrogens is 544 g/mol. The maximum Gasteiger partial charge on any atom is 0.301 e. The molecule has 1 aliphatic heterocycles. The molecule has 212 valence electrons. The minimum Gasteiger partial charge on any atom is -0.507 e. The lowest BCUT2D eigenvalue weighted by Gasteiger charge is -2.24. The monoisotopic (exact) mass is 574 g/mol. The third-order valence-electron chi connectivity index (χ3n) is 6.84. The predicted molar refractivity (Wildman–Crippen MR) is 157 cm³/mol. The SMILES string of the molecule is CCCCOc1ccc(C2C(=C(O)c3cccc(OC)c3)C(=O)C(=O)N2c2nc3ccc(OC)cc3s2)cc1OC. The van der Waals surface area contributed by atoms with E-state index < -0.39 is 17.7 Å². The van der Waals surface area contributed by atoms with E-state index in [4.69, 9.17) is 18.9 Å². The van der Waals surface area contributed by atoms with Crippen LogP contribution >= 0.6 is 11.3 Å². The first-order chi connectivity index (χ1) is 19.9. The Morgan fingerprint density at radius 3 is 2.46 bits per heavy atom. The number of benzene rings is 3. The molecule has 0 aliphatic carbocycles. The number of nitrogens with zero attached hydrogens (tertiary/aromatic N) is 2. The predicted octanol–water partition coefficient (Wildman–Crippen LogP) is 6.13. The highest BCUT2D eigenvalue weighted by Gasteiger charge is 2.48. The normalized spacial score (nSPS) is 16.3. The Labute approximate surface area is 241 Å². The number of methoxy groups -OCH3 is 3. The summed E-state index contributed by atoms with van der Waals surface area (Å²) >= 11 is 1.25. The highest BCUT2D eigenvalue weighted by atomic mass is 32.1. The molecule has 1 fully saturated rings. The van der Waals surface area contributed by atoms with Crippen LogP contribution in [0, 0.1) is 0 Å². The van der Waals surface area contributed by atoms with Gasteiger partial charge in [-0.15, -0.1) is 0 Å². The van der Waals surface area contributed by atoms with Crippen LogP contribution in [-0.4, -0.2) is 49.7 Å². The first-order valence-corrected chi connectivity index (χ1v) is 13.9. The van der Waals surface area contributed by atoms with Crippen molar-refractivity contribution < 1.29 is 33.6 Å². The van der Waals surface area contributed by atoms with E-state index in [1.165, 1.54) is 30.5 Å². The van der Waals surface area contributed by atoms with Crippen LogP contribution in [0.1, 0.15) is 36.9 Å². The van der Waals surface area contributed by atoms with E-state index in [0.717, 1.165) is 17.5 Å². The second-order valence-electron chi connectivity index (χ2n) is 9.34. The van der Waals surface area contributed by atoms with Crippen molar-refractivity contribution in [1.29, 1.82) is 0 Å². The van der Waals surface area contributed by atoms with Crippen molar-refractivity contribution in [2.24, 2.45) is 0 Å². The number of hydrogen-bond acceptors (Lipinski definition) is 9. The molecule has 1 saturated heterocycles. The molecule has 1 aliphatic rings. The number of Topliss-reactive ketones (excluding diaryl/α,β-unsaturated/α-hetero) is 1. The molecule has 2 heterocycles. The third-order valence-corrected chi connectivity index (χ3v) is 7.85. The van der Waals surface area contributed by atoms with Gasteiger partial charge in [-0.3, -0.25) is 14.5 Å². The Morgan fingerprint density at radius 1 is 0.951 bits per heavy atom. The van der Waals surface area contributed by atoms with E-state index in [9.17, 15) is 14.7 Å². The largest absolute Gasteiger partial charge is 0.507 e. The van der Waals surface area contributed by atoms with Gasteiger partial charge in [-0.2, -0.15) is 0 Å². The number of hydrogen-bond donors (Lipinski definition) is 1. The number of carbonyl (C=O) groups excluding carboxylic acids is 2. The molecule has 0 saturated carbocycles. The fraction of sp³-hybridized carbons (Fsp3) is 0.258. The third kappa shape index (κ3) is 5.30. The molecular formula is C31H30N2O7S. The molecule has 5 rings (SSSR count). The van der Waals surface area contributed by atoms with E-state index in [0.29, 0.717) is 51.4 Å². The van der Waals surface area contributed by atoms with Gasteiger partial charge in [-0.1, -0.05) is 42.9 Å². The number of amides is 1. The van der Waals surface area contributed by atoms with Crippen molar-refractivity contribution in [3.05, 3.63) is 77.4 Å². The van der Waals surface area contributed by atoms with Crippen molar-refractivity contribution >= 4 is 44.1 Å². The van der Waals surface area contributed by atoms with E-state index in [2.05, 4.69) is 11.9 Å². The van der Waals surface area contributed by atoms with Crippen LogP contribution in [0.2, 0.25) is 0 Å². The zero-order valence-electron chi connectivity index (χ0n) is 23.2. The van der Waals surface area contributed by atoms with Crippen molar-refractivity contribution in [1.82, 2.24) is 4.98 Å². The highest BCUT2D eigenvalue weighted by Crippen LogP contribution is 2.46. The summed E-state index contributed by atoms with van der Waals surface area (Å²) < 4.78 is 23.0. The fourth-order valence-corrected chi connectivity index (χ4v) is 5.71. The molecule has 1 unspecified atom stereocenters. The Hall–Kier alpha value is -4.57. The molecule has 3 aromatic carbocycles. The molecule has 4 aromatic rings. The lowest BCUT2D eigenvalue weighted by molar-refractivity contribution is -0.132. The van der Waals surface area contributed by atoms with Crippen LogP contribution in [0.5, 0.6) is 23.0 Å². The summed E-state index contributed by atoms with van der Waals surface area (Å²) in [7, 11) is 4.61. The van der Waals surface area contributed by atoms with Gasteiger partial charge in [0.15, 0.2) is 16.6 Å². The van der Waals surface area contributed by atoms with Crippen molar-refractivity contribution in [2.45, 2.75) is 25.8 Å². The average molecular weight is 575 g/mol. The summed E-state index contributed by atoms with van der Waals surface area (Å²) in [6.07, 6.45) is 1.86. The first kappa shape index (κ1) is 28.0. The van der Waals surface area contributed by atoms with Gasteiger partial charge in [-0.25, -0.2) is 4.98 Å². The molecule has 9 nitrogen and oxygen atoms in total. The Kier molecular flexibility index (Phi) is 8.11. The van der Waals surface area contributed by atoms with Gasteiger partial charge in [0.2, 0.25) is 0 Å². The number of fused-ring (bicyclic) bond motifs is 1. The second kappa shape index (κ2) is 11.9. The zero-order valence-corrected chi connectivity index (χ0v) is 24.0. The summed E-state index contributed by atoms with van der Waals surface area (Å²) in [5.74, 6) is 0.186. The standard InChI is InChI=1S/C31H30N2O7S/c1-5-6-14-40-23-13-10-18(16-24(23)39-4)27-26(28(34)19-8-7-9-20(15-19)37-2)29(35)30(36)33(27)31-32-22-12-11-21(38-3)17-25(22)41-31/h7-13,15-17,27,34H,5-6,14H2,1-4H3. The van der Waals surface area contributed by atoms with E-state index >= 15 is 0 Å². The van der Waals surface area contributed by atoms with Crippen LogP contribution in [-0.2, 0) is 9.59 Å². The van der Waals surface area contributed by atoms with Crippen molar-refractivity contribution in [3.63, 3.8) is 0 Å². The Balaban J connectivity index is 1.69. The van der Waals surface area contributed by atoms with E-state index in [1.54, 1.807) is 61.7 Å². The topological polar surface area (TPSA) is 107 Å². The molecule has 1 aromatic heterocycles. The fourth-order valence-electron chi connectivity index (χ4n) is 4.69. The van der Waals surface area contributed by atoms with E-state index in [-0.39, 0.29) is 11.3 Å². The van der Waals surface area contributed by atoms with Crippen LogP contribution in [0.15, 0.2) is 66.2 Å². The summed E-state index contributed by atoms with van der Waals surface area (Å²) in [5, 5.41) is 11.8. The number of ketones is 1. The molecule has 1 atom stereocenters. The number of thiazole rings is 1. The van der Waals surface area contributed by atoms with Crippen LogP contribution < -0.4 is 23.8 Å². The van der Waals surface area contributed by atoms with Gasteiger partial charge >= 0.3 is 5.91 Å². The minimum absolute atomic E-state index is 0.0678. The van der Waals surface area contributed by atoms with Crippen molar-refractivity contribution in [3.8, 4) is 23.0 Å². The van der Waals surface area contributed by atoms with Crippen molar-refractivity contribution in [2.75, 3.05) is 32.8 Å². The lowest BCUT2D eigenvalue weighted by atomic mass is 9.95. The zero-order chi connectivity index (χ0) is 29.1. The molecule has 10 heteroatoms. The van der Waals surface area contributed by atoms with Crippen LogP contribution in [0.4, 0.5) is 5.13 Å². The number of aromatic nitrogens is 1. The minimum atomic E-state index is -0.984. The molecule has 0 radical (unpaired) electrons. The van der Waals surface area contributed by atoms with Crippen LogP contribution in [0.3, 0.4) is 0 Å². The number of anilines is 1. The molecule has 41 heavy (non-hydrogen) atoms. The number of rotatable bonds is 10. The van der Waals surface area contributed by atoms with Gasteiger partial charge in [0.1, 0.15) is 17.3 Å². The van der Waals surface area contributed by atoms with Gasteiger partial charge in [0, 0.05) is 5.56 Å². The summed E-state index contributed by atoms with van der Waals surface area (Å²) in [6.45, 7) is 2.60. The highest BCUT2D eigenvalue weighted by molar-refractivity contribution is 7.22. The number of unbranched alkanes of at least 4 members (excludes halogenated alkanes) is 1. The maximum absolute atomic E-state index is 13.6. The van der Waals surface area contributed by atoms with Gasteiger partial charge in [0.25, 0.3) is 5.78 Å². The summed E-state index contributed by atoms with van der Waals surface area (Å²) in [5.41, 5.74) is 1.47. The van der Waals surface area contributed by atoms with Crippen LogP contribution in [0.25, 0.3) is 16.0 Å². The van der Waals surface area contributed by atoms with Gasteiger partial charge in [0.05, 0.1) is 49.8 Å². The number of ether oxygens (including phenoxy) is 4. The number of aliphatic hydroxyl groups excluding tert-OH is 1. The smallest absolute Gasteiger partial charge is 0.301 e. The quantitative estimate of drug-likeness (QED) is 0.104. The second-order valence-corrected chi connectivity index (χ2v) is 10.4. The number of carbonyl (C=O) groups is 2. The first-order valence-electron chi connectivity index (χ1n) is 13.1. The number of aliphatic hydroxyl groups is 1. The summed E-state index contributed by atoms with van der Waals surface area (Å²) in [6, 6.07) is 16.3. The van der Waals surface area contributed by atoms with E-state index in [1.807, 2.05) is 6.07 Å². The summed E-state index contributed by atoms with van der Waals surface area (Å²) in [4.78, 5) is 33.3.